The zero-order valence-electron chi connectivity index (χ0n) is 12.6. The number of hydrogen-bond donors (Lipinski definition) is 0. The van der Waals surface area contributed by atoms with Crippen LogP contribution in [0.15, 0.2) is 0 Å². The molecule has 0 aliphatic carbocycles. The molecule has 0 aromatic heterocycles. The fourth-order valence-electron chi connectivity index (χ4n) is 2.01. The van der Waals surface area contributed by atoms with E-state index in [-0.39, 0.29) is 37.1 Å². The largest absolute Gasteiger partial charge is 0.469 e. The van der Waals surface area contributed by atoms with Crippen molar-refractivity contribution in [3.63, 3.8) is 0 Å². The molecular formula is C14H25NO5. The summed E-state index contributed by atoms with van der Waals surface area (Å²) < 4.78 is 15.5. The lowest BCUT2D eigenvalue weighted by Crippen LogP contribution is -2.41. The van der Waals surface area contributed by atoms with Crippen molar-refractivity contribution in [3.05, 3.63) is 0 Å². The molecule has 1 fully saturated rings. The van der Waals surface area contributed by atoms with Crippen molar-refractivity contribution in [2.45, 2.75) is 45.3 Å². The maximum atomic E-state index is 12.1. The molecule has 0 radical (unpaired) electrons. The first kappa shape index (κ1) is 16.9. The van der Waals surface area contributed by atoms with Gasteiger partial charge in [-0.3, -0.25) is 9.59 Å². The normalized spacial score (nSPS) is 18.3. The summed E-state index contributed by atoms with van der Waals surface area (Å²) in [5.41, 5.74) is 0. The van der Waals surface area contributed by atoms with Crippen molar-refractivity contribution >= 4 is 11.9 Å². The lowest BCUT2D eigenvalue weighted by Gasteiger charge is -2.25. The molecule has 0 N–H and O–H groups in total. The number of amides is 1. The van der Waals surface area contributed by atoms with E-state index in [0.29, 0.717) is 13.1 Å². The van der Waals surface area contributed by atoms with Crippen LogP contribution in [0.1, 0.15) is 33.1 Å². The predicted octanol–water partition coefficient (Wildman–Crippen LogP) is 0.982. The number of methoxy groups -OCH3 is 1. The number of nitrogens with zero attached hydrogens (tertiary/aromatic N) is 1. The molecule has 0 spiro atoms. The van der Waals surface area contributed by atoms with Crippen molar-refractivity contribution in [2.24, 2.45) is 0 Å². The average molecular weight is 287 g/mol. The second-order valence-electron chi connectivity index (χ2n) is 5.16. The lowest BCUT2D eigenvalue weighted by molar-refractivity contribution is -0.143. The van der Waals surface area contributed by atoms with Crippen LogP contribution < -0.4 is 0 Å². The summed E-state index contributed by atoms with van der Waals surface area (Å²) in [5, 5.41) is 0. The Labute approximate surface area is 120 Å². The van der Waals surface area contributed by atoms with E-state index in [4.69, 9.17) is 9.47 Å². The molecule has 0 bridgehead atoms. The molecule has 1 saturated heterocycles. The van der Waals surface area contributed by atoms with Gasteiger partial charge in [0.15, 0.2) is 0 Å². The fraction of sp³-hybridized carbons (Fsp3) is 0.857. The van der Waals surface area contributed by atoms with E-state index < -0.39 is 0 Å². The summed E-state index contributed by atoms with van der Waals surface area (Å²) in [6, 6.07) is 0. The second kappa shape index (κ2) is 8.92. The molecule has 0 aromatic carbocycles. The van der Waals surface area contributed by atoms with Crippen molar-refractivity contribution < 1.29 is 23.8 Å². The Morgan fingerprint density at radius 1 is 1.40 bits per heavy atom. The number of carbonyl (C=O) groups is 2. The number of esters is 1. The van der Waals surface area contributed by atoms with E-state index in [1.807, 2.05) is 13.8 Å². The fourth-order valence-corrected chi connectivity index (χ4v) is 2.01. The minimum absolute atomic E-state index is 0.00383. The highest BCUT2D eigenvalue weighted by Crippen LogP contribution is 2.14. The van der Waals surface area contributed by atoms with E-state index in [1.165, 1.54) is 7.11 Å². The van der Waals surface area contributed by atoms with E-state index in [9.17, 15) is 9.59 Å². The van der Waals surface area contributed by atoms with Crippen LogP contribution in [0, 0.1) is 0 Å². The Morgan fingerprint density at radius 3 is 2.70 bits per heavy atom. The van der Waals surface area contributed by atoms with Crippen LogP contribution in [-0.4, -0.2) is 62.4 Å². The molecule has 116 valence electrons. The smallest absolute Gasteiger partial charge is 0.307 e. The van der Waals surface area contributed by atoms with Crippen molar-refractivity contribution in [1.29, 1.82) is 0 Å². The quantitative estimate of drug-likeness (QED) is 0.623. The van der Waals surface area contributed by atoms with Gasteiger partial charge in [0, 0.05) is 19.7 Å². The molecule has 6 heteroatoms. The summed E-state index contributed by atoms with van der Waals surface area (Å²) in [6.45, 7) is 5.39. The van der Waals surface area contributed by atoms with Crippen LogP contribution in [-0.2, 0) is 23.8 Å². The highest BCUT2D eigenvalue weighted by atomic mass is 16.5. The standard InChI is InChI=1S/C14H25NO5/c1-11(2)20-10-13(16)15(7-6-14(17)18-3)9-12-5-4-8-19-12/h11-12H,4-10H2,1-3H3. The summed E-state index contributed by atoms with van der Waals surface area (Å²) in [6.07, 6.45) is 2.23. The van der Waals surface area contributed by atoms with Gasteiger partial charge in [-0.2, -0.15) is 0 Å². The van der Waals surface area contributed by atoms with E-state index in [1.54, 1.807) is 4.90 Å². The second-order valence-corrected chi connectivity index (χ2v) is 5.16. The summed E-state index contributed by atoms with van der Waals surface area (Å²) in [5.74, 6) is -0.432. The molecule has 1 aliphatic heterocycles. The number of ether oxygens (including phenoxy) is 3. The van der Waals surface area contributed by atoms with Gasteiger partial charge in [0.2, 0.25) is 5.91 Å². The molecule has 1 rings (SSSR count). The maximum absolute atomic E-state index is 12.1. The molecular weight excluding hydrogens is 262 g/mol. The molecule has 1 heterocycles. The number of hydrogen-bond acceptors (Lipinski definition) is 5. The zero-order valence-corrected chi connectivity index (χ0v) is 12.6. The predicted molar refractivity (Wildman–Crippen MR) is 73.3 cm³/mol. The summed E-state index contributed by atoms with van der Waals surface area (Å²) in [4.78, 5) is 25.0. The van der Waals surface area contributed by atoms with Crippen LogP contribution in [0.4, 0.5) is 0 Å². The van der Waals surface area contributed by atoms with Gasteiger partial charge in [-0.15, -0.1) is 0 Å². The monoisotopic (exact) mass is 287 g/mol. The molecule has 1 unspecified atom stereocenters. The van der Waals surface area contributed by atoms with E-state index in [0.717, 1.165) is 19.4 Å². The number of carbonyl (C=O) groups excluding carboxylic acids is 2. The van der Waals surface area contributed by atoms with Gasteiger partial charge in [0.05, 0.1) is 25.7 Å². The summed E-state index contributed by atoms with van der Waals surface area (Å²) in [7, 11) is 1.34. The molecule has 1 atom stereocenters. The third kappa shape index (κ3) is 6.34. The molecule has 6 nitrogen and oxygen atoms in total. The van der Waals surface area contributed by atoms with Crippen molar-refractivity contribution in [2.75, 3.05) is 33.4 Å². The highest BCUT2D eigenvalue weighted by molar-refractivity contribution is 5.78. The van der Waals surface area contributed by atoms with Gasteiger partial charge < -0.3 is 19.1 Å². The van der Waals surface area contributed by atoms with Crippen LogP contribution >= 0.6 is 0 Å². The molecule has 0 saturated carbocycles. The Bertz CT molecular complexity index is 313. The minimum Gasteiger partial charge on any atom is -0.469 e. The maximum Gasteiger partial charge on any atom is 0.307 e. The number of rotatable bonds is 8. The summed E-state index contributed by atoms with van der Waals surface area (Å²) >= 11 is 0. The molecule has 20 heavy (non-hydrogen) atoms. The van der Waals surface area contributed by atoms with Gasteiger partial charge in [0.25, 0.3) is 0 Å². The van der Waals surface area contributed by atoms with E-state index in [2.05, 4.69) is 4.74 Å². The van der Waals surface area contributed by atoms with Crippen LogP contribution in [0.3, 0.4) is 0 Å². The Kier molecular flexibility index (Phi) is 7.54. The Balaban J connectivity index is 2.47. The topological polar surface area (TPSA) is 65.1 Å². The molecule has 1 aliphatic rings. The van der Waals surface area contributed by atoms with Crippen molar-refractivity contribution in [3.8, 4) is 0 Å². The third-order valence-electron chi connectivity index (χ3n) is 3.15. The van der Waals surface area contributed by atoms with Gasteiger partial charge in [-0.1, -0.05) is 0 Å². The third-order valence-corrected chi connectivity index (χ3v) is 3.15. The van der Waals surface area contributed by atoms with Gasteiger partial charge in [-0.05, 0) is 26.7 Å². The highest BCUT2D eigenvalue weighted by Gasteiger charge is 2.23. The minimum atomic E-state index is -0.320. The van der Waals surface area contributed by atoms with E-state index >= 15 is 0 Å². The first-order valence-electron chi connectivity index (χ1n) is 7.10. The first-order chi connectivity index (χ1) is 9.52. The van der Waals surface area contributed by atoms with Crippen molar-refractivity contribution in [1.82, 2.24) is 4.90 Å². The van der Waals surface area contributed by atoms with Crippen LogP contribution in [0.25, 0.3) is 0 Å². The van der Waals surface area contributed by atoms with Crippen LogP contribution in [0.2, 0.25) is 0 Å². The Morgan fingerprint density at radius 2 is 2.15 bits per heavy atom. The van der Waals surface area contributed by atoms with Gasteiger partial charge in [-0.25, -0.2) is 0 Å². The molecule has 0 aromatic rings. The zero-order chi connectivity index (χ0) is 15.0. The molecule has 1 amide bonds. The SMILES string of the molecule is COC(=O)CCN(CC1CCCO1)C(=O)COC(C)C. The van der Waals surface area contributed by atoms with Crippen LogP contribution in [0.5, 0.6) is 0 Å². The average Bonchev–Trinajstić information content (AvgIpc) is 2.93. The lowest BCUT2D eigenvalue weighted by atomic mass is 10.2. The Hall–Kier alpha value is -1.14. The van der Waals surface area contributed by atoms with Gasteiger partial charge >= 0.3 is 5.97 Å². The van der Waals surface area contributed by atoms with Gasteiger partial charge in [0.1, 0.15) is 6.61 Å². The first-order valence-corrected chi connectivity index (χ1v) is 7.10.